The predicted octanol–water partition coefficient (Wildman–Crippen LogP) is 1.99. The summed E-state index contributed by atoms with van der Waals surface area (Å²) in [7, 11) is -3.04. The van der Waals surface area contributed by atoms with Gasteiger partial charge in [0.25, 0.3) is 0 Å². The highest BCUT2D eigenvalue weighted by Gasteiger charge is 2.51. The number of ether oxygens (including phenoxy) is 1. The lowest BCUT2D eigenvalue weighted by Gasteiger charge is -2.54. The first-order valence-corrected chi connectivity index (χ1v) is 9.02. The van der Waals surface area contributed by atoms with Gasteiger partial charge in [0.05, 0.1) is 10.9 Å². The minimum Gasteiger partial charge on any atom is -0.378 e. The maximum absolute atomic E-state index is 11.7. The van der Waals surface area contributed by atoms with Gasteiger partial charge in [-0.2, -0.15) is 0 Å². The van der Waals surface area contributed by atoms with Gasteiger partial charge in [-0.25, -0.2) is 8.42 Å². The molecule has 1 fully saturated rings. The lowest BCUT2D eigenvalue weighted by atomic mass is 9.61. The van der Waals surface area contributed by atoms with E-state index in [-0.39, 0.29) is 5.41 Å². The fourth-order valence-electron chi connectivity index (χ4n) is 2.57. The van der Waals surface area contributed by atoms with Gasteiger partial charge in [0.2, 0.25) is 0 Å². The third-order valence-corrected chi connectivity index (χ3v) is 7.04. The molecule has 0 bridgehead atoms. The second-order valence-electron chi connectivity index (χ2n) is 6.50. The van der Waals surface area contributed by atoms with E-state index in [2.05, 4.69) is 19.2 Å². The highest BCUT2D eigenvalue weighted by molar-refractivity contribution is 7.92. The Hall–Kier alpha value is -0.130. The van der Waals surface area contributed by atoms with Gasteiger partial charge in [0.1, 0.15) is 0 Å². The molecular weight excluding hydrogens is 262 g/mol. The van der Waals surface area contributed by atoms with E-state index in [0.29, 0.717) is 18.7 Å². The van der Waals surface area contributed by atoms with Crippen molar-refractivity contribution in [2.24, 2.45) is 5.41 Å². The minimum atomic E-state index is -3.04. The summed E-state index contributed by atoms with van der Waals surface area (Å²) in [6, 6.07) is 0.343. The van der Waals surface area contributed by atoms with Crippen molar-refractivity contribution < 1.29 is 13.2 Å². The molecule has 1 rings (SSSR count). The van der Waals surface area contributed by atoms with Crippen molar-refractivity contribution in [1.82, 2.24) is 5.32 Å². The molecule has 1 aliphatic carbocycles. The van der Waals surface area contributed by atoms with Crippen LogP contribution in [0.3, 0.4) is 0 Å². The average molecular weight is 291 g/mol. The van der Waals surface area contributed by atoms with Crippen LogP contribution < -0.4 is 5.32 Å². The van der Waals surface area contributed by atoms with Crippen molar-refractivity contribution in [3.8, 4) is 0 Å². The van der Waals surface area contributed by atoms with Crippen LogP contribution in [0, 0.1) is 5.41 Å². The van der Waals surface area contributed by atoms with Crippen LogP contribution >= 0.6 is 0 Å². The van der Waals surface area contributed by atoms with Gasteiger partial charge < -0.3 is 10.1 Å². The Bertz CT molecular complexity index is 405. The number of nitrogens with one attached hydrogen (secondary N) is 1. The SMILES string of the molecule is CCOC1CC(NCC(C)(C)S(C)(=O)=O)C1(C)CC. The zero-order chi connectivity index (χ0) is 14.9. The number of rotatable bonds is 7. The Labute approximate surface area is 118 Å². The second-order valence-corrected chi connectivity index (χ2v) is 9.15. The van der Waals surface area contributed by atoms with Gasteiger partial charge >= 0.3 is 0 Å². The smallest absolute Gasteiger partial charge is 0.153 e. The molecule has 1 N–H and O–H groups in total. The average Bonchev–Trinajstić information content (AvgIpc) is 2.30. The van der Waals surface area contributed by atoms with Crippen molar-refractivity contribution in [3.63, 3.8) is 0 Å². The Morgan fingerprint density at radius 2 is 1.95 bits per heavy atom. The summed E-state index contributed by atoms with van der Waals surface area (Å²) < 4.78 is 28.4. The molecule has 114 valence electrons. The molecule has 0 spiro atoms. The maximum Gasteiger partial charge on any atom is 0.153 e. The Morgan fingerprint density at radius 3 is 2.37 bits per heavy atom. The summed E-state index contributed by atoms with van der Waals surface area (Å²) in [5.74, 6) is 0. The molecule has 0 aromatic heterocycles. The van der Waals surface area contributed by atoms with Crippen molar-refractivity contribution in [3.05, 3.63) is 0 Å². The van der Waals surface area contributed by atoms with Gasteiger partial charge in [-0.1, -0.05) is 13.8 Å². The maximum atomic E-state index is 11.7. The predicted molar refractivity (Wildman–Crippen MR) is 79.1 cm³/mol. The third kappa shape index (κ3) is 3.31. The molecule has 0 heterocycles. The topological polar surface area (TPSA) is 55.4 Å². The monoisotopic (exact) mass is 291 g/mol. The summed E-state index contributed by atoms with van der Waals surface area (Å²) in [4.78, 5) is 0. The summed E-state index contributed by atoms with van der Waals surface area (Å²) in [6.07, 6.45) is 3.60. The summed E-state index contributed by atoms with van der Waals surface area (Å²) in [5.41, 5.74) is 0.115. The van der Waals surface area contributed by atoms with Crippen LogP contribution in [0.15, 0.2) is 0 Å². The highest BCUT2D eigenvalue weighted by Crippen LogP contribution is 2.46. The Kier molecular flexibility index (Phi) is 5.08. The van der Waals surface area contributed by atoms with Crippen molar-refractivity contribution in [2.75, 3.05) is 19.4 Å². The van der Waals surface area contributed by atoms with Crippen LogP contribution in [0.5, 0.6) is 0 Å². The van der Waals surface area contributed by atoms with Gasteiger partial charge in [0, 0.05) is 30.9 Å². The van der Waals surface area contributed by atoms with Crippen LogP contribution in [0.2, 0.25) is 0 Å². The molecule has 0 saturated heterocycles. The van der Waals surface area contributed by atoms with Crippen LogP contribution in [0.25, 0.3) is 0 Å². The van der Waals surface area contributed by atoms with Crippen LogP contribution in [-0.2, 0) is 14.6 Å². The molecule has 1 saturated carbocycles. The molecule has 4 nitrogen and oxygen atoms in total. The highest BCUT2D eigenvalue weighted by atomic mass is 32.2. The van der Waals surface area contributed by atoms with Gasteiger partial charge in [0.15, 0.2) is 9.84 Å². The van der Waals surface area contributed by atoms with Crippen LogP contribution in [0.1, 0.15) is 47.5 Å². The molecule has 0 aromatic carbocycles. The van der Waals surface area contributed by atoms with E-state index in [0.717, 1.165) is 19.4 Å². The fraction of sp³-hybridized carbons (Fsp3) is 1.00. The van der Waals surface area contributed by atoms with Gasteiger partial charge in [-0.15, -0.1) is 0 Å². The lowest BCUT2D eigenvalue weighted by Crippen LogP contribution is -2.64. The van der Waals surface area contributed by atoms with Crippen LogP contribution in [-0.4, -0.2) is 44.7 Å². The number of hydrogen-bond donors (Lipinski definition) is 1. The van der Waals surface area contributed by atoms with Crippen molar-refractivity contribution in [2.45, 2.75) is 64.4 Å². The van der Waals surface area contributed by atoms with E-state index in [1.165, 1.54) is 6.26 Å². The standard InChI is InChI=1S/C14H29NO3S/c1-7-14(5)11(9-12(14)18-8-2)15-10-13(3,4)19(6,16)17/h11-12,15H,7-10H2,1-6H3. The number of hydrogen-bond acceptors (Lipinski definition) is 4. The molecule has 0 radical (unpaired) electrons. The summed E-state index contributed by atoms with van der Waals surface area (Å²) in [6.45, 7) is 11.2. The minimum absolute atomic E-state index is 0.115. The second kappa shape index (κ2) is 5.70. The molecule has 0 aromatic rings. The molecular formula is C14H29NO3S. The first-order chi connectivity index (χ1) is 8.58. The Balaban J connectivity index is 2.61. The zero-order valence-electron chi connectivity index (χ0n) is 13.1. The van der Waals surface area contributed by atoms with E-state index in [9.17, 15) is 8.42 Å². The third-order valence-electron chi connectivity index (χ3n) is 4.89. The quantitative estimate of drug-likeness (QED) is 0.779. The molecule has 1 aliphatic rings. The largest absolute Gasteiger partial charge is 0.378 e. The van der Waals surface area contributed by atoms with Crippen molar-refractivity contribution in [1.29, 1.82) is 0 Å². The molecule has 5 heteroatoms. The Morgan fingerprint density at radius 1 is 1.37 bits per heavy atom. The molecule has 3 unspecified atom stereocenters. The first kappa shape index (κ1) is 16.9. The van der Waals surface area contributed by atoms with E-state index in [1.54, 1.807) is 13.8 Å². The van der Waals surface area contributed by atoms with E-state index >= 15 is 0 Å². The molecule has 0 amide bonds. The van der Waals surface area contributed by atoms with Crippen LogP contribution in [0.4, 0.5) is 0 Å². The van der Waals surface area contributed by atoms with Gasteiger partial charge in [-0.05, 0) is 33.6 Å². The normalized spacial score (nSPS) is 32.1. The molecule has 19 heavy (non-hydrogen) atoms. The lowest BCUT2D eigenvalue weighted by molar-refractivity contribution is -0.125. The zero-order valence-corrected chi connectivity index (χ0v) is 13.9. The molecule has 0 aliphatic heterocycles. The van der Waals surface area contributed by atoms with E-state index in [4.69, 9.17) is 4.74 Å². The summed E-state index contributed by atoms with van der Waals surface area (Å²) in [5, 5.41) is 3.44. The number of sulfone groups is 1. The van der Waals surface area contributed by atoms with E-state index < -0.39 is 14.6 Å². The fourth-order valence-corrected chi connectivity index (χ4v) is 2.91. The van der Waals surface area contributed by atoms with Crippen molar-refractivity contribution >= 4 is 9.84 Å². The van der Waals surface area contributed by atoms with Gasteiger partial charge in [-0.3, -0.25) is 0 Å². The summed E-state index contributed by atoms with van der Waals surface area (Å²) >= 11 is 0. The first-order valence-electron chi connectivity index (χ1n) is 7.13. The molecule has 3 atom stereocenters. The van der Waals surface area contributed by atoms with E-state index in [1.807, 2.05) is 6.92 Å².